The minimum atomic E-state index is -2.15. The van der Waals surface area contributed by atoms with Crippen molar-refractivity contribution >= 4 is 26.0 Å². The Hall–Kier alpha value is -3.80. The van der Waals surface area contributed by atoms with Gasteiger partial charge in [-0.1, -0.05) is 44.7 Å². The largest absolute Gasteiger partial charge is 0.465 e. The van der Waals surface area contributed by atoms with Gasteiger partial charge in [0.05, 0.1) is 18.4 Å². The molecule has 0 fully saturated rings. The number of esters is 1. The van der Waals surface area contributed by atoms with Crippen LogP contribution >= 0.6 is 0 Å². The molecule has 0 aliphatic rings. The van der Waals surface area contributed by atoms with E-state index in [-0.39, 0.29) is 22.3 Å². The topological polar surface area (TPSA) is 90.4 Å². The van der Waals surface area contributed by atoms with Crippen LogP contribution in [0.25, 0.3) is 11.3 Å². The van der Waals surface area contributed by atoms with Crippen LogP contribution in [-0.4, -0.2) is 43.4 Å². The molecule has 3 aromatic rings. The predicted octanol–water partition coefficient (Wildman–Crippen LogP) is 5.68. The van der Waals surface area contributed by atoms with Gasteiger partial charge < -0.3 is 14.5 Å². The van der Waals surface area contributed by atoms with E-state index in [2.05, 4.69) is 61.0 Å². The van der Waals surface area contributed by atoms with Crippen LogP contribution in [0.15, 0.2) is 60.9 Å². The van der Waals surface area contributed by atoms with Gasteiger partial charge in [0.2, 0.25) is 0 Å². The van der Waals surface area contributed by atoms with Gasteiger partial charge in [0.25, 0.3) is 5.91 Å². The molecule has 0 bridgehead atoms. The second-order valence-corrected chi connectivity index (χ2v) is 15.0. The summed E-state index contributed by atoms with van der Waals surface area (Å²) in [5.41, 5.74) is 3.20. The second kappa shape index (κ2) is 11.5. The highest BCUT2D eigenvalue weighted by Crippen LogP contribution is 2.37. The Kier molecular flexibility index (Phi) is 8.63. The SMILES string of the molecule is COC(=O)c1cc(NC(=O)[C@H](C)O[Si](C)(C)C(C)(C)C)nc(-c2ccc(C#Cc3cccnc3)cc2)c1. The quantitative estimate of drug-likeness (QED) is 0.258. The zero-order valence-corrected chi connectivity index (χ0v) is 23.4. The van der Waals surface area contributed by atoms with E-state index in [1.807, 2.05) is 36.4 Å². The van der Waals surface area contributed by atoms with Crippen molar-refractivity contribution in [1.82, 2.24) is 9.97 Å². The third kappa shape index (κ3) is 7.35. The molecule has 8 heteroatoms. The van der Waals surface area contributed by atoms with Crippen LogP contribution < -0.4 is 5.32 Å². The lowest BCUT2D eigenvalue weighted by Gasteiger charge is -2.37. The summed E-state index contributed by atoms with van der Waals surface area (Å²) >= 11 is 0. The molecule has 7 nitrogen and oxygen atoms in total. The number of anilines is 1. The van der Waals surface area contributed by atoms with Gasteiger partial charge in [-0.05, 0) is 61.5 Å². The summed E-state index contributed by atoms with van der Waals surface area (Å²) in [6, 6.07) is 14.3. The van der Waals surface area contributed by atoms with Crippen LogP contribution in [0.5, 0.6) is 0 Å². The number of hydrogen-bond acceptors (Lipinski definition) is 6. The van der Waals surface area contributed by atoms with Crippen molar-refractivity contribution in [2.24, 2.45) is 0 Å². The van der Waals surface area contributed by atoms with E-state index in [0.717, 1.165) is 16.7 Å². The summed E-state index contributed by atoms with van der Waals surface area (Å²) in [6.07, 6.45) is 2.73. The fourth-order valence-corrected chi connectivity index (χ4v) is 4.53. The van der Waals surface area contributed by atoms with Gasteiger partial charge in [-0.2, -0.15) is 0 Å². The van der Waals surface area contributed by atoms with E-state index < -0.39 is 20.4 Å². The number of benzene rings is 1. The van der Waals surface area contributed by atoms with Gasteiger partial charge in [-0.15, -0.1) is 0 Å². The number of nitrogens with zero attached hydrogens (tertiary/aromatic N) is 2. The van der Waals surface area contributed by atoms with Crippen molar-refractivity contribution in [2.75, 3.05) is 12.4 Å². The van der Waals surface area contributed by atoms with Gasteiger partial charge >= 0.3 is 5.97 Å². The van der Waals surface area contributed by atoms with Crippen LogP contribution in [0.3, 0.4) is 0 Å². The number of hydrogen-bond donors (Lipinski definition) is 1. The normalized spacial score (nSPS) is 12.2. The third-order valence-electron chi connectivity index (χ3n) is 6.34. The van der Waals surface area contributed by atoms with E-state index in [9.17, 15) is 9.59 Å². The molecule has 0 saturated heterocycles. The number of pyridine rings is 2. The minimum Gasteiger partial charge on any atom is -0.465 e. The van der Waals surface area contributed by atoms with Crippen molar-refractivity contribution in [3.05, 3.63) is 77.6 Å². The first-order valence-corrected chi connectivity index (χ1v) is 14.9. The van der Waals surface area contributed by atoms with Crippen molar-refractivity contribution in [3.63, 3.8) is 0 Å². The predicted molar refractivity (Wildman–Crippen MR) is 148 cm³/mol. The molecule has 0 spiro atoms. The number of nitrogens with one attached hydrogen (secondary N) is 1. The summed E-state index contributed by atoms with van der Waals surface area (Å²) in [6.45, 7) is 12.3. The number of methoxy groups -OCH3 is 1. The number of carbonyl (C=O) groups is 2. The zero-order chi connectivity index (χ0) is 27.2. The second-order valence-electron chi connectivity index (χ2n) is 10.2. The monoisotopic (exact) mass is 515 g/mol. The Morgan fingerprint density at radius 1 is 1.03 bits per heavy atom. The molecule has 1 N–H and O–H groups in total. The molecule has 192 valence electrons. The van der Waals surface area contributed by atoms with E-state index >= 15 is 0 Å². The average molecular weight is 516 g/mol. The summed E-state index contributed by atoms with van der Waals surface area (Å²) in [7, 11) is -0.839. The molecule has 0 radical (unpaired) electrons. The highest BCUT2D eigenvalue weighted by Gasteiger charge is 2.39. The first-order chi connectivity index (χ1) is 17.4. The molecule has 0 unspecified atom stereocenters. The maximum atomic E-state index is 13.0. The smallest absolute Gasteiger partial charge is 0.338 e. The number of carbonyl (C=O) groups excluding carboxylic acids is 2. The molecule has 0 aliphatic carbocycles. The number of ether oxygens (including phenoxy) is 1. The Labute approximate surface area is 219 Å². The van der Waals surface area contributed by atoms with Crippen LogP contribution in [0.1, 0.15) is 49.2 Å². The fraction of sp³-hybridized carbons (Fsp3) is 0.310. The minimum absolute atomic E-state index is 0.0354. The Bertz CT molecular complexity index is 1320. The average Bonchev–Trinajstić information content (AvgIpc) is 2.86. The van der Waals surface area contributed by atoms with Crippen molar-refractivity contribution in [2.45, 2.75) is 51.9 Å². The van der Waals surface area contributed by atoms with E-state index in [1.165, 1.54) is 13.2 Å². The fourth-order valence-electron chi connectivity index (χ4n) is 3.18. The van der Waals surface area contributed by atoms with Gasteiger partial charge in [0, 0.05) is 29.1 Å². The van der Waals surface area contributed by atoms with E-state index in [0.29, 0.717) is 5.69 Å². The lowest BCUT2D eigenvalue weighted by molar-refractivity contribution is -0.122. The molecule has 2 aromatic heterocycles. The van der Waals surface area contributed by atoms with Crippen LogP contribution in [-0.2, 0) is 14.0 Å². The maximum Gasteiger partial charge on any atom is 0.338 e. The Balaban J connectivity index is 1.85. The van der Waals surface area contributed by atoms with Gasteiger partial charge in [-0.25, -0.2) is 9.78 Å². The van der Waals surface area contributed by atoms with Gasteiger partial charge in [0.1, 0.15) is 11.9 Å². The molecular weight excluding hydrogens is 482 g/mol. The van der Waals surface area contributed by atoms with Crippen molar-refractivity contribution < 1.29 is 18.8 Å². The van der Waals surface area contributed by atoms with E-state index in [4.69, 9.17) is 9.16 Å². The van der Waals surface area contributed by atoms with Gasteiger partial charge in [0.15, 0.2) is 8.32 Å². The lowest BCUT2D eigenvalue weighted by Crippen LogP contribution is -2.46. The summed E-state index contributed by atoms with van der Waals surface area (Å²) in [5.74, 6) is 5.57. The molecule has 1 aromatic carbocycles. The summed E-state index contributed by atoms with van der Waals surface area (Å²) in [4.78, 5) is 33.9. The molecule has 2 heterocycles. The number of aromatic nitrogens is 2. The first kappa shape index (κ1) is 27.8. The number of amides is 1. The highest BCUT2D eigenvalue weighted by molar-refractivity contribution is 6.74. The standard InChI is InChI=1S/C29H33N3O4Si/c1-20(36-37(6,7)29(2,3)4)27(33)32-26-18-24(28(34)35-5)17-25(31-26)23-14-12-21(13-15-23)10-11-22-9-8-16-30-19-22/h8-9,12-20H,1-7H3,(H,31,32,33)/t20-/m0/s1. The van der Waals surface area contributed by atoms with E-state index in [1.54, 1.807) is 25.4 Å². The molecule has 1 atom stereocenters. The van der Waals surface area contributed by atoms with Crippen LogP contribution in [0.2, 0.25) is 18.1 Å². The molecule has 3 rings (SSSR count). The lowest BCUT2D eigenvalue weighted by atomic mass is 10.1. The highest BCUT2D eigenvalue weighted by atomic mass is 28.4. The molecule has 0 saturated carbocycles. The molecule has 0 aliphatic heterocycles. The zero-order valence-electron chi connectivity index (χ0n) is 22.4. The van der Waals surface area contributed by atoms with Crippen molar-refractivity contribution in [3.8, 4) is 23.1 Å². The molecule has 1 amide bonds. The molecular formula is C29H33N3O4Si. The first-order valence-electron chi connectivity index (χ1n) is 12.0. The summed E-state index contributed by atoms with van der Waals surface area (Å²) in [5, 5.41) is 2.77. The van der Waals surface area contributed by atoms with Crippen molar-refractivity contribution in [1.29, 1.82) is 0 Å². The van der Waals surface area contributed by atoms with Gasteiger partial charge in [-0.3, -0.25) is 9.78 Å². The Morgan fingerprint density at radius 2 is 1.70 bits per heavy atom. The molecule has 37 heavy (non-hydrogen) atoms. The van der Waals surface area contributed by atoms with Crippen LogP contribution in [0, 0.1) is 11.8 Å². The number of rotatable bonds is 6. The third-order valence-corrected chi connectivity index (χ3v) is 10.9. The maximum absolute atomic E-state index is 13.0. The van der Waals surface area contributed by atoms with Crippen LogP contribution in [0.4, 0.5) is 5.82 Å². The Morgan fingerprint density at radius 3 is 2.30 bits per heavy atom. The summed E-state index contributed by atoms with van der Waals surface area (Å²) < 4.78 is 11.1.